The van der Waals surface area contributed by atoms with Gasteiger partial charge in [-0.05, 0) is 29.0 Å². The molecule has 1 saturated heterocycles. The standard InChI is InChI=1S/C25H28N4O3/c1-24(2,3)18-10-12-19(13-11-18)25(4)22(31)28(23(32)26-25)16-21(30)29-15-14-20(27-29)17-8-6-5-7-9-17/h5-13H,14-16H2,1-4H3,(H,26,32)/t25-/m1/s1. The lowest BCUT2D eigenvalue weighted by atomic mass is 9.84. The van der Waals surface area contributed by atoms with E-state index < -0.39 is 17.5 Å². The highest BCUT2D eigenvalue weighted by atomic mass is 16.2. The number of carbonyl (C=O) groups is 3. The van der Waals surface area contributed by atoms with E-state index in [1.807, 2.05) is 54.6 Å². The molecule has 1 N–H and O–H groups in total. The molecule has 32 heavy (non-hydrogen) atoms. The van der Waals surface area contributed by atoms with Crippen LogP contribution in [0.1, 0.15) is 50.8 Å². The maximum atomic E-state index is 13.2. The fraction of sp³-hybridized carbons (Fsp3) is 0.360. The second kappa shape index (κ2) is 7.89. The third-order valence-electron chi connectivity index (χ3n) is 6.09. The van der Waals surface area contributed by atoms with Crippen LogP contribution in [0.25, 0.3) is 0 Å². The van der Waals surface area contributed by atoms with E-state index in [2.05, 4.69) is 31.2 Å². The molecule has 1 atom stereocenters. The highest BCUT2D eigenvalue weighted by Gasteiger charge is 2.49. The molecule has 2 aromatic rings. The van der Waals surface area contributed by atoms with E-state index in [0.29, 0.717) is 18.5 Å². The fourth-order valence-electron chi connectivity index (χ4n) is 4.03. The fourth-order valence-corrected chi connectivity index (χ4v) is 4.03. The molecule has 0 aromatic heterocycles. The van der Waals surface area contributed by atoms with Crippen molar-refractivity contribution in [2.75, 3.05) is 13.1 Å². The molecule has 0 bridgehead atoms. The molecule has 7 nitrogen and oxygen atoms in total. The predicted octanol–water partition coefficient (Wildman–Crippen LogP) is 3.39. The van der Waals surface area contributed by atoms with Gasteiger partial charge in [0.25, 0.3) is 11.8 Å². The van der Waals surface area contributed by atoms with Crippen molar-refractivity contribution in [2.24, 2.45) is 5.10 Å². The Bertz CT molecular complexity index is 1090. The summed E-state index contributed by atoms with van der Waals surface area (Å²) in [5, 5.41) is 8.52. The van der Waals surface area contributed by atoms with Crippen molar-refractivity contribution in [1.29, 1.82) is 0 Å². The normalized spacial score (nSPS) is 21.1. The molecule has 0 saturated carbocycles. The molecule has 4 rings (SSSR count). The Morgan fingerprint density at radius 3 is 2.34 bits per heavy atom. The van der Waals surface area contributed by atoms with Crippen LogP contribution in [-0.4, -0.2) is 46.6 Å². The molecule has 0 aliphatic carbocycles. The molecule has 1 fully saturated rings. The van der Waals surface area contributed by atoms with Crippen LogP contribution in [0.3, 0.4) is 0 Å². The highest BCUT2D eigenvalue weighted by molar-refractivity contribution is 6.09. The summed E-state index contributed by atoms with van der Waals surface area (Å²) in [5.74, 6) is -0.822. The molecule has 4 amide bonds. The van der Waals surface area contributed by atoms with E-state index in [9.17, 15) is 14.4 Å². The molecule has 0 radical (unpaired) electrons. The lowest BCUT2D eigenvalue weighted by Gasteiger charge is -2.24. The van der Waals surface area contributed by atoms with Crippen molar-refractivity contribution in [2.45, 2.75) is 45.1 Å². The molecule has 2 aliphatic rings. The zero-order chi connectivity index (χ0) is 23.1. The molecule has 2 aliphatic heterocycles. The van der Waals surface area contributed by atoms with Crippen LogP contribution < -0.4 is 5.32 Å². The highest BCUT2D eigenvalue weighted by Crippen LogP contribution is 2.31. The number of hydrogen-bond acceptors (Lipinski definition) is 4. The van der Waals surface area contributed by atoms with Crippen LogP contribution in [0.15, 0.2) is 59.7 Å². The van der Waals surface area contributed by atoms with Gasteiger partial charge in [0.2, 0.25) is 0 Å². The Hall–Kier alpha value is -3.48. The van der Waals surface area contributed by atoms with E-state index in [1.165, 1.54) is 5.01 Å². The summed E-state index contributed by atoms with van der Waals surface area (Å²) >= 11 is 0. The van der Waals surface area contributed by atoms with Crippen molar-refractivity contribution in [3.05, 3.63) is 71.3 Å². The van der Waals surface area contributed by atoms with Crippen molar-refractivity contribution < 1.29 is 14.4 Å². The van der Waals surface area contributed by atoms with Crippen molar-refractivity contribution in [3.63, 3.8) is 0 Å². The van der Waals surface area contributed by atoms with E-state index in [0.717, 1.165) is 21.7 Å². The summed E-state index contributed by atoms with van der Waals surface area (Å²) in [6.45, 7) is 8.10. The van der Waals surface area contributed by atoms with E-state index in [1.54, 1.807) is 6.92 Å². The topological polar surface area (TPSA) is 82.1 Å². The first-order chi connectivity index (χ1) is 15.1. The zero-order valence-electron chi connectivity index (χ0n) is 18.9. The second-order valence-corrected chi connectivity index (χ2v) is 9.45. The third-order valence-corrected chi connectivity index (χ3v) is 6.09. The average Bonchev–Trinajstić information content (AvgIpc) is 3.34. The first-order valence-corrected chi connectivity index (χ1v) is 10.8. The number of nitrogens with one attached hydrogen (secondary N) is 1. The summed E-state index contributed by atoms with van der Waals surface area (Å²) < 4.78 is 0. The van der Waals surface area contributed by atoms with Gasteiger partial charge in [0, 0.05) is 6.42 Å². The minimum atomic E-state index is -1.21. The quantitative estimate of drug-likeness (QED) is 0.752. The van der Waals surface area contributed by atoms with Crippen LogP contribution in [-0.2, 0) is 20.5 Å². The predicted molar refractivity (Wildman–Crippen MR) is 122 cm³/mol. The van der Waals surface area contributed by atoms with E-state index >= 15 is 0 Å². The number of nitrogens with zero attached hydrogens (tertiary/aromatic N) is 3. The zero-order valence-corrected chi connectivity index (χ0v) is 18.9. The molecule has 0 unspecified atom stereocenters. The van der Waals surface area contributed by atoms with Gasteiger partial charge in [-0.3, -0.25) is 14.5 Å². The molecule has 0 spiro atoms. The second-order valence-electron chi connectivity index (χ2n) is 9.45. The number of carbonyl (C=O) groups excluding carboxylic acids is 3. The Labute approximate surface area is 188 Å². The number of rotatable bonds is 4. The lowest BCUT2D eigenvalue weighted by molar-refractivity contribution is -0.138. The third kappa shape index (κ3) is 3.90. The van der Waals surface area contributed by atoms with Crippen LogP contribution in [0.4, 0.5) is 4.79 Å². The van der Waals surface area contributed by atoms with Crippen molar-refractivity contribution in [1.82, 2.24) is 15.2 Å². The minimum Gasteiger partial charge on any atom is -0.319 e. The molecular formula is C25H28N4O3. The number of amides is 4. The molecule has 7 heteroatoms. The SMILES string of the molecule is CC(C)(C)c1ccc([C@@]2(C)NC(=O)N(CC(=O)N3CCC(c4ccccc4)=N3)C2=O)cc1. The molecule has 2 heterocycles. The number of urea groups is 1. The smallest absolute Gasteiger partial charge is 0.319 e. The van der Waals surface area contributed by atoms with Crippen molar-refractivity contribution in [3.8, 4) is 0 Å². The Morgan fingerprint density at radius 2 is 1.72 bits per heavy atom. The van der Waals surface area contributed by atoms with Gasteiger partial charge < -0.3 is 5.32 Å². The summed E-state index contributed by atoms with van der Waals surface area (Å²) in [4.78, 5) is 39.6. The lowest BCUT2D eigenvalue weighted by Crippen LogP contribution is -2.43. The van der Waals surface area contributed by atoms with Crippen LogP contribution >= 0.6 is 0 Å². The first-order valence-electron chi connectivity index (χ1n) is 10.8. The van der Waals surface area contributed by atoms with E-state index in [-0.39, 0.29) is 17.9 Å². The van der Waals surface area contributed by atoms with Gasteiger partial charge in [0.15, 0.2) is 0 Å². The van der Waals surface area contributed by atoms with Gasteiger partial charge in [0.1, 0.15) is 12.1 Å². The Kier molecular flexibility index (Phi) is 5.36. The Balaban J connectivity index is 1.48. The molecule has 2 aromatic carbocycles. The Morgan fingerprint density at radius 1 is 1.06 bits per heavy atom. The van der Waals surface area contributed by atoms with Gasteiger partial charge in [-0.1, -0.05) is 75.4 Å². The van der Waals surface area contributed by atoms with Crippen LogP contribution in [0.2, 0.25) is 0 Å². The van der Waals surface area contributed by atoms with Crippen LogP contribution in [0.5, 0.6) is 0 Å². The summed E-state index contributed by atoms with van der Waals surface area (Å²) in [5.41, 5.74) is 2.37. The molecule has 166 valence electrons. The number of hydrazone groups is 1. The van der Waals surface area contributed by atoms with Gasteiger partial charge in [0.05, 0.1) is 12.3 Å². The summed E-state index contributed by atoms with van der Waals surface area (Å²) in [6.07, 6.45) is 0.633. The van der Waals surface area contributed by atoms with Gasteiger partial charge in [-0.25, -0.2) is 9.80 Å². The summed E-state index contributed by atoms with van der Waals surface area (Å²) in [7, 11) is 0. The number of hydrogen-bond donors (Lipinski definition) is 1. The van der Waals surface area contributed by atoms with Crippen LogP contribution in [0, 0.1) is 0 Å². The molecular weight excluding hydrogens is 404 g/mol. The number of imide groups is 1. The van der Waals surface area contributed by atoms with Crippen molar-refractivity contribution >= 4 is 23.6 Å². The van der Waals surface area contributed by atoms with Gasteiger partial charge in [-0.15, -0.1) is 0 Å². The average molecular weight is 433 g/mol. The van der Waals surface area contributed by atoms with Gasteiger partial charge in [-0.2, -0.15) is 5.10 Å². The van der Waals surface area contributed by atoms with E-state index in [4.69, 9.17) is 0 Å². The largest absolute Gasteiger partial charge is 0.325 e. The first kappa shape index (κ1) is 21.7. The minimum absolute atomic E-state index is 0.0182. The maximum absolute atomic E-state index is 13.2. The van der Waals surface area contributed by atoms with Gasteiger partial charge >= 0.3 is 6.03 Å². The monoisotopic (exact) mass is 432 g/mol. The summed E-state index contributed by atoms with van der Waals surface area (Å²) in [6, 6.07) is 16.7. The number of benzene rings is 2. The maximum Gasteiger partial charge on any atom is 0.325 e.